The molecule has 1 unspecified atom stereocenters. The summed E-state index contributed by atoms with van der Waals surface area (Å²) in [6, 6.07) is 0. The first-order chi connectivity index (χ1) is 6.04. The summed E-state index contributed by atoms with van der Waals surface area (Å²) in [5.41, 5.74) is 1.79. The second kappa shape index (κ2) is 7.49. The third-order valence-electron chi connectivity index (χ3n) is 1.11. The molecule has 3 nitrogen and oxygen atoms in total. The van der Waals surface area contributed by atoms with Crippen molar-refractivity contribution in [2.45, 2.75) is 26.4 Å². The first-order valence-electron chi connectivity index (χ1n) is 3.74. The van der Waals surface area contributed by atoms with Gasteiger partial charge in [-0.15, -0.1) is 6.58 Å². The summed E-state index contributed by atoms with van der Waals surface area (Å²) in [6.45, 7) is 11.0. The molecule has 0 amide bonds. The zero-order valence-corrected chi connectivity index (χ0v) is 10.6. The molecule has 6 heteroatoms. The standard InChI is InChI=1S/C8H14O.Cl2HO2P/c1-6(2)5-8(9)7(3)4;1-5(2,3)4/h8-9H,1,3,5H2,2,4H3;(H,3,4). The van der Waals surface area contributed by atoms with E-state index in [0.29, 0.717) is 6.42 Å². The fourth-order valence-corrected chi connectivity index (χ4v) is 0.504. The summed E-state index contributed by atoms with van der Waals surface area (Å²) in [5, 5.41) is 9.14. The van der Waals surface area contributed by atoms with Crippen molar-refractivity contribution in [3.8, 4) is 0 Å². The number of hydrogen-bond acceptors (Lipinski definition) is 2. The molecule has 0 aliphatic heterocycles. The van der Waals surface area contributed by atoms with Crippen LogP contribution in [0.5, 0.6) is 0 Å². The Morgan fingerprint density at radius 2 is 1.71 bits per heavy atom. The van der Waals surface area contributed by atoms with Crippen LogP contribution in [0.3, 0.4) is 0 Å². The van der Waals surface area contributed by atoms with Crippen LogP contribution < -0.4 is 0 Å². The zero-order chi connectivity index (χ0) is 11.9. The highest BCUT2D eigenvalue weighted by Crippen LogP contribution is 2.51. The van der Waals surface area contributed by atoms with Gasteiger partial charge in [0, 0.05) is 0 Å². The van der Waals surface area contributed by atoms with E-state index in [4.69, 9.17) is 10.00 Å². The van der Waals surface area contributed by atoms with Crippen LogP contribution in [-0.4, -0.2) is 16.1 Å². The van der Waals surface area contributed by atoms with Crippen molar-refractivity contribution in [3.63, 3.8) is 0 Å². The number of aliphatic hydroxyl groups is 1. The number of rotatable bonds is 3. The Kier molecular flexibility index (Phi) is 8.90. The predicted molar refractivity (Wildman–Crippen MR) is 61.8 cm³/mol. The van der Waals surface area contributed by atoms with Crippen LogP contribution >= 0.6 is 28.6 Å². The quantitative estimate of drug-likeness (QED) is 0.604. The lowest BCUT2D eigenvalue weighted by atomic mass is 10.1. The van der Waals surface area contributed by atoms with E-state index < -0.39 is 12.2 Å². The van der Waals surface area contributed by atoms with Crippen molar-refractivity contribution in [1.82, 2.24) is 0 Å². The molecule has 2 N–H and O–H groups in total. The Bertz CT molecular complexity index is 239. The van der Waals surface area contributed by atoms with E-state index in [2.05, 4.69) is 35.6 Å². The van der Waals surface area contributed by atoms with Gasteiger partial charge in [-0.05, 0) is 42.7 Å². The summed E-state index contributed by atoms with van der Waals surface area (Å²) in [6.07, 6.45) is -3.46. The number of aliphatic hydroxyl groups excluding tert-OH is 1. The van der Waals surface area contributed by atoms with Crippen LogP contribution in [-0.2, 0) is 4.57 Å². The van der Waals surface area contributed by atoms with Crippen molar-refractivity contribution < 1.29 is 14.6 Å². The minimum atomic E-state index is -3.69. The van der Waals surface area contributed by atoms with Crippen molar-refractivity contribution in [3.05, 3.63) is 24.3 Å². The molecule has 0 bridgehead atoms. The molecular weight excluding hydrogens is 246 g/mol. The van der Waals surface area contributed by atoms with Gasteiger partial charge in [0.2, 0.25) is 0 Å². The fraction of sp³-hybridized carbons (Fsp3) is 0.500. The zero-order valence-electron chi connectivity index (χ0n) is 8.20. The smallest absolute Gasteiger partial charge is 0.377 e. The second-order valence-electron chi connectivity index (χ2n) is 2.96. The maximum absolute atomic E-state index is 9.30. The van der Waals surface area contributed by atoms with E-state index >= 15 is 0 Å². The SMILES string of the molecule is C=C(C)CC(O)C(=C)C.O=P(O)(Cl)Cl. The number of halogens is 2. The number of hydrogen-bond donors (Lipinski definition) is 2. The van der Waals surface area contributed by atoms with Gasteiger partial charge in [0.05, 0.1) is 6.10 Å². The van der Waals surface area contributed by atoms with Gasteiger partial charge in [-0.2, -0.15) is 0 Å². The summed E-state index contributed by atoms with van der Waals surface area (Å²) in [4.78, 5) is 7.61. The Morgan fingerprint density at radius 3 is 1.79 bits per heavy atom. The van der Waals surface area contributed by atoms with Gasteiger partial charge in [0.1, 0.15) is 0 Å². The summed E-state index contributed by atoms with van der Waals surface area (Å²) >= 11 is 8.81. The molecule has 0 aromatic carbocycles. The molecule has 0 saturated heterocycles. The molecule has 0 aromatic rings. The fourth-order valence-electron chi connectivity index (χ4n) is 0.504. The molecule has 0 spiro atoms. The Labute approximate surface area is 94.1 Å². The molecule has 0 fully saturated rings. The van der Waals surface area contributed by atoms with Crippen molar-refractivity contribution in [1.29, 1.82) is 0 Å². The Balaban J connectivity index is 0. The Hall–Kier alpha value is 0.210. The van der Waals surface area contributed by atoms with Gasteiger partial charge < -0.3 is 10.00 Å². The second-order valence-corrected chi connectivity index (χ2v) is 7.10. The molecule has 1 atom stereocenters. The lowest BCUT2D eigenvalue weighted by molar-refractivity contribution is 0.212. The normalized spacial score (nSPS) is 12.4. The van der Waals surface area contributed by atoms with Crippen molar-refractivity contribution >= 4 is 28.6 Å². The van der Waals surface area contributed by atoms with Gasteiger partial charge in [0.25, 0.3) is 0 Å². The van der Waals surface area contributed by atoms with Crippen LogP contribution in [0, 0.1) is 0 Å². The van der Waals surface area contributed by atoms with Gasteiger partial charge in [-0.3, -0.25) is 4.57 Å². The van der Waals surface area contributed by atoms with Gasteiger partial charge >= 0.3 is 6.07 Å². The highest BCUT2D eigenvalue weighted by atomic mass is 35.9. The van der Waals surface area contributed by atoms with E-state index in [1.54, 1.807) is 0 Å². The van der Waals surface area contributed by atoms with Gasteiger partial charge in [-0.25, -0.2) is 0 Å². The molecule has 0 aliphatic carbocycles. The van der Waals surface area contributed by atoms with Crippen LogP contribution in [0.1, 0.15) is 20.3 Å². The van der Waals surface area contributed by atoms with Gasteiger partial charge in [0.15, 0.2) is 0 Å². The average Bonchev–Trinajstić information content (AvgIpc) is 1.80. The molecule has 0 aromatic heterocycles. The highest BCUT2D eigenvalue weighted by molar-refractivity contribution is 8.04. The molecule has 0 aliphatic rings. The minimum Gasteiger partial charge on any atom is -0.388 e. The maximum Gasteiger partial charge on any atom is 0.377 e. The van der Waals surface area contributed by atoms with E-state index in [9.17, 15) is 4.57 Å². The summed E-state index contributed by atoms with van der Waals surface area (Å²) in [7, 11) is 0. The van der Waals surface area contributed by atoms with Crippen LogP contribution in [0.25, 0.3) is 0 Å². The summed E-state index contributed by atoms with van der Waals surface area (Å²) < 4.78 is 9.30. The molecule has 0 saturated carbocycles. The predicted octanol–water partition coefficient (Wildman–Crippen LogP) is 3.45. The molecular formula is C8H15Cl2O3P. The molecule has 14 heavy (non-hydrogen) atoms. The lowest BCUT2D eigenvalue weighted by Gasteiger charge is -2.08. The van der Waals surface area contributed by atoms with E-state index in [1.807, 2.05) is 13.8 Å². The first kappa shape index (κ1) is 16.6. The average molecular weight is 261 g/mol. The monoisotopic (exact) mass is 260 g/mol. The lowest BCUT2D eigenvalue weighted by Crippen LogP contribution is -2.06. The Morgan fingerprint density at radius 1 is 1.43 bits per heavy atom. The van der Waals surface area contributed by atoms with E-state index in [1.165, 1.54) is 0 Å². The largest absolute Gasteiger partial charge is 0.388 e. The van der Waals surface area contributed by atoms with Crippen LogP contribution in [0.4, 0.5) is 0 Å². The molecule has 0 radical (unpaired) electrons. The third kappa shape index (κ3) is 22.8. The van der Waals surface area contributed by atoms with Crippen LogP contribution in [0.15, 0.2) is 24.3 Å². The minimum absolute atomic E-state index is 0.400. The maximum atomic E-state index is 9.30. The van der Waals surface area contributed by atoms with Crippen LogP contribution in [0.2, 0.25) is 0 Å². The molecule has 84 valence electrons. The van der Waals surface area contributed by atoms with E-state index in [-0.39, 0.29) is 0 Å². The third-order valence-corrected chi connectivity index (χ3v) is 1.11. The van der Waals surface area contributed by atoms with Crippen molar-refractivity contribution in [2.75, 3.05) is 0 Å². The molecule has 0 rings (SSSR count). The summed E-state index contributed by atoms with van der Waals surface area (Å²) in [5.74, 6) is 0. The highest BCUT2D eigenvalue weighted by Gasteiger charge is 2.02. The topological polar surface area (TPSA) is 57.5 Å². The molecule has 0 heterocycles. The van der Waals surface area contributed by atoms with E-state index in [0.717, 1.165) is 11.1 Å². The first-order valence-corrected chi connectivity index (χ1v) is 7.21. The van der Waals surface area contributed by atoms with Gasteiger partial charge in [-0.1, -0.05) is 17.7 Å². The van der Waals surface area contributed by atoms with Crippen molar-refractivity contribution in [2.24, 2.45) is 0 Å².